The van der Waals surface area contributed by atoms with Crippen LogP contribution in [0.2, 0.25) is 0 Å². The number of unbranched alkanes of at least 4 members (excludes halogenated alkanes) is 2. The molecule has 2 unspecified atom stereocenters. The molecular weight excluding hydrogens is 380 g/mol. The summed E-state index contributed by atoms with van der Waals surface area (Å²) in [6, 6.07) is 0. The van der Waals surface area contributed by atoms with Crippen molar-refractivity contribution in [1.29, 1.82) is 0 Å². The Morgan fingerprint density at radius 1 is 0.655 bits per heavy atom. The molecule has 0 aromatic rings. The van der Waals surface area contributed by atoms with Crippen molar-refractivity contribution in [1.82, 2.24) is 0 Å². The molecule has 0 fully saturated rings. The van der Waals surface area contributed by atoms with E-state index in [-0.39, 0.29) is 25.0 Å². The number of carbonyl (C=O) groups excluding carboxylic acids is 2. The smallest absolute Gasteiger partial charge is 0.342 e. The molecule has 0 bridgehead atoms. The summed E-state index contributed by atoms with van der Waals surface area (Å²) in [7, 11) is 0. The largest absolute Gasteiger partial charge is 0.379 e. The Balaban J connectivity index is 4.00. The summed E-state index contributed by atoms with van der Waals surface area (Å²) in [6.07, 6.45) is 5.34. The van der Waals surface area contributed by atoms with Gasteiger partial charge in [-0.15, -0.1) is 0 Å². The van der Waals surface area contributed by atoms with Gasteiger partial charge in [0.15, 0.2) is 0 Å². The van der Waals surface area contributed by atoms with Crippen LogP contribution in [-0.2, 0) is 38.6 Å². The van der Waals surface area contributed by atoms with Gasteiger partial charge in [-0.3, -0.25) is 9.78 Å². The molecular formula is C21H40O8. The summed E-state index contributed by atoms with van der Waals surface area (Å²) >= 11 is 0. The second-order valence-corrected chi connectivity index (χ2v) is 6.80. The maximum Gasteiger partial charge on any atom is 0.342 e. The fraction of sp³-hybridized carbons (Fsp3) is 0.905. The maximum atomic E-state index is 11.8. The number of ether oxygens (including phenoxy) is 2. The molecule has 0 heterocycles. The third-order valence-corrected chi connectivity index (χ3v) is 4.09. The molecule has 0 radical (unpaired) electrons. The molecule has 0 aliphatic heterocycles. The Hall–Kier alpha value is -1.22. The monoisotopic (exact) mass is 420 g/mol. The van der Waals surface area contributed by atoms with Crippen LogP contribution < -0.4 is 0 Å². The molecule has 0 aliphatic rings. The predicted octanol–water partition coefficient (Wildman–Crippen LogP) is 4.30. The van der Waals surface area contributed by atoms with Crippen LogP contribution >= 0.6 is 0 Å². The first-order valence-corrected chi connectivity index (χ1v) is 10.9. The zero-order valence-electron chi connectivity index (χ0n) is 18.6. The van der Waals surface area contributed by atoms with Gasteiger partial charge in [0.1, 0.15) is 12.2 Å². The highest BCUT2D eigenvalue weighted by Crippen LogP contribution is 2.10. The minimum Gasteiger partial charge on any atom is -0.379 e. The van der Waals surface area contributed by atoms with Gasteiger partial charge in [0.2, 0.25) is 0 Å². The molecule has 8 heteroatoms. The fourth-order valence-corrected chi connectivity index (χ4v) is 2.38. The van der Waals surface area contributed by atoms with E-state index >= 15 is 0 Å². The Bertz CT molecular complexity index is 350. The lowest BCUT2D eigenvalue weighted by Crippen LogP contribution is -2.23. The van der Waals surface area contributed by atoms with E-state index in [1.807, 2.05) is 13.8 Å². The number of rotatable bonds is 20. The van der Waals surface area contributed by atoms with Crippen molar-refractivity contribution in [2.24, 2.45) is 0 Å². The lowest BCUT2D eigenvalue weighted by Gasteiger charge is -2.16. The summed E-state index contributed by atoms with van der Waals surface area (Å²) in [6.45, 7) is 9.87. The van der Waals surface area contributed by atoms with Crippen LogP contribution in [0.5, 0.6) is 0 Å². The van der Waals surface area contributed by atoms with Gasteiger partial charge in [0.05, 0.1) is 13.2 Å². The molecule has 0 aliphatic carbocycles. The van der Waals surface area contributed by atoms with Crippen molar-refractivity contribution in [2.75, 3.05) is 26.4 Å². The van der Waals surface area contributed by atoms with Crippen molar-refractivity contribution >= 4 is 11.9 Å². The first-order valence-electron chi connectivity index (χ1n) is 10.9. The first kappa shape index (κ1) is 27.8. The number of carbonyl (C=O) groups is 2. The van der Waals surface area contributed by atoms with Gasteiger partial charge in [-0.25, -0.2) is 9.59 Å². The molecule has 0 saturated carbocycles. The summed E-state index contributed by atoms with van der Waals surface area (Å²) < 4.78 is 10.7. The standard InChI is InChI=1S/C21H40O8/c1-5-9-12-18(16-24-7-3)26-28-20(22)14-11-15-21(23)29-27-19(13-10-6-2)17-25-8-4/h18-19H,5-17H2,1-4H3. The fourth-order valence-electron chi connectivity index (χ4n) is 2.38. The van der Waals surface area contributed by atoms with Crippen molar-refractivity contribution in [2.45, 2.75) is 97.7 Å². The van der Waals surface area contributed by atoms with Crippen LogP contribution in [0.25, 0.3) is 0 Å². The van der Waals surface area contributed by atoms with E-state index in [9.17, 15) is 9.59 Å². The maximum absolute atomic E-state index is 11.8. The van der Waals surface area contributed by atoms with Gasteiger partial charge in [-0.2, -0.15) is 9.78 Å². The Kier molecular flexibility index (Phi) is 19.2. The van der Waals surface area contributed by atoms with Crippen LogP contribution in [0.4, 0.5) is 0 Å². The zero-order chi connectivity index (χ0) is 21.7. The SMILES string of the molecule is CCCCC(COCC)OOC(=O)CCCC(=O)OOC(CCCC)COCC. The van der Waals surface area contributed by atoms with Crippen LogP contribution in [-0.4, -0.2) is 50.6 Å². The molecule has 0 N–H and O–H groups in total. The second kappa shape index (κ2) is 20.1. The molecule has 2 atom stereocenters. The van der Waals surface area contributed by atoms with Gasteiger partial charge in [-0.05, 0) is 33.1 Å². The van der Waals surface area contributed by atoms with Crippen LogP contribution in [0.3, 0.4) is 0 Å². The third kappa shape index (κ3) is 17.4. The molecule has 0 amide bonds. The summed E-state index contributed by atoms with van der Waals surface area (Å²) in [5.74, 6) is -1.04. The van der Waals surface area contributed by atoms with Gasteiger partial charge >= 0.3 is 11.9 Å². The minimum atomic E-state index is -0.520. The van der Waals surface area contributed by atoms with Crippen molar-refractivity contribution in [3.05, 3.63) is 0 Å². The molecule has 0 rings (SSSR count). The molecule has 0 aromatic carbocycles. The van der Waals surface area contributed by atoms with Gasteiger partial charge < -0.3 is 9.47 Å². The average Bonchev–Trinajstić information content (AvgIpc) is 2.72. The average molecular weight is 421 g/mol. The van der Waals surface area contributed by atoms with E-state index in [1.165, 1.54) is 0 Å². The Morgan fingerprint density at radius 3 is 1.41 bits per heavy atom. The topological polar surface area (TPSA) is 89.5 Å². The highest BCUT2D eigenvalue weighted by molar-refractivity contribution is 5.71. The van der Waals surface area contributed by atoms with Gasteiger partial charge in [0.25, 0.3) is 0 Å². The van der Waals surface area contributed by atoms with E-state index in [2.05, 4.69) is 13.8 Å². The highest BCUT2D eigenvalue weighted by Gasteiger charge is 2.16. The normalized spacial score (nSPS) is 13.1. The summed E-state index contributed by atoms with van der Waals surface area (Å²) in [4.78, 5) is 43.7. The van der Waals surface area contributed by atoms with Crippen LogP contribution in [0.15, 0.2) is 0 Å². The summed E-state index contributed by atoms with van der Waals surface area (Å²) in [5.41, 5.74) is 0. The molecule has 172 valence electrons. The minimum absolute atomic E-state index is 0.0580. The van der Waals surface area contributed by atoms with E-state index in [1.54, 1.807) is 0 Å². The highest BCUT2D eigenvalue weighted by atomic mass is 17.2. The Morgan fingerprint density at radius 2 is 1.07 bits per heavy atom. The molecule has 0 aromatic heterocycles. The van der Waals surface area contributed by atoms with Crippen molar-refractivity contribution < 1.29 is 38.6 Å². The van der Waals surface area contributed by atoms with E-state index in [0.717, 1.165) is 38.5 Å². The molecule has 8 nitrogen and oxygen atoms in total. The van der Waals surface area contributed by atoms with E-state index < -0.39 is 11.9 Å². The predicted molar refractivity (Wildman–Crippen MR) is 108 cm³/mol. The van der Waals surface area contributed by atoms with E-state index in [0.29, 0.717) is 32.8 Å². The van der Waals surface area contributed by atoms with Crippen molar-refractivity contribution in [3.8, 4) is 0 Å². The summed E-state index contributed by atoms with van der Waals surface area (Å²) in [5, 5.41) is 0. The van der Waals surface area contributed by atoms with Gasteiger partial charge in [-0.1, -0.05) is 39.5 Å². The molecule has 0 spiro atoms. The molecule has 29 heavy (non-hydrogen) atoms. The molecule has 0 saturated heterocycles. The number of hydrogen-bond acceptors (Lipinski definition) is 8. The number of hydrogen-bond donors (Lipinski definition) is 0. The Labute approximate surface area is 175 Å². The second-order valence-electron chi connectivity index (χ2n) is 6.80. The lowest BCUT2D eigenvalue weighted by atomic mass is 10.2. The van der Waals surface area contributed by atoms with Crippen LogP contribution in [0.1, 0.15) is 85.5 Å². The quantitative estimate of drug-likeness (QED) is 0.213. The lowest BCUT2D eigenvalue weighted by molar-refractivity contribution is -0.306. The van der Waals surface area contributed by atoms with E-state index in [4.69, 9.17) is 29.0 Å². The van der Waals surface area contributed by atoms with Crippen LogP contribution in [0, 0.1) is 0 Å². The van der Waals surface area contributed by atoms with Crippen molar-refractivity contribution in [3.63, 3.8) is 0 Å². The first-order chi connectivity index (χ1) is 14.1. The zero-order valence-corrected chi connectivity index (χ0v) is 18.6. The van der Waals surface area contributed by atoms with Gasteiger partial charge in [0, 0.05) is 26.1 Å². The third-order valence-electron chi connectivity index (χ3n) is 4.09.